The van der Waals surface area contributed by atoms with E-state index in [1.165, 1.54) is 0 Å². The van der Waals surface area contributed by atoms with Crippen LogP contribution in [0.1, 0.15) is 16.9 Å². The Hall–Kier alpha value is -3.94. The first-order valence-corrected chi connectivity index (χ1v) is 10.9. The second-order valence-corrected chi connectivity index (χ2v) is 7.56. The van der Waals surface area contributed by atoms with Gasteiger partial charge in [-0.05, 0) is 47.5 Å². The molecule has 0 aliphatic carbocycles. The van der Waals surface area contributed by atoms with E-state index in [1.54, 1.807) is 18.3 Å². The van der Waals surface area contributed by atoms with Crippen molar-refractivity contribution in [2.24, 2.45) is 4.99 Å². The molecule has 2 aromatic carbocycles. The zero-order valence-electron chi connectivity index (χ0n) is 18.6. The molecule has 0 radical (unpaired) electrons. The third-order valence-corrected chi connectivity index (χ3v) is 5.29. The molecule has 0 unspecified atom stereocenters. The van der Waals surface area contributed by atoms with Crippen molar-refractivity contribution < 1.29 is 18.7 Å². The molecule has 1 aromatic heterocycles. The summed E-state index contributed by atoms with van der Waals surface area (Å²) in [7, 11) is 1.65. The Kier molecular flexibility index (Phi) is 7.48. The van der Waals surface area contributed by atoms with Gasteiger partial charge in [-0.1, -0.05) is 24.3 Å². The van der Waals surface area contributed by atoms with Gasteiger partial charge in [0.15, 0.2) is 5.96 Å². The third kappa shape index (κ3) is 6.29. The first kappa shape index (κ1) is 22.3. The van der Waals surface area contributed by atoms with E-state index >= 15 is 0 Å². The lowest BCUT2D eigenvalue weighted by Crippen LogP contribution is -2.38. The number of nitrogens with zero attached hydrogens (tertiary/aromatic N) is 2. The fourth-order valence-corrected chi connectivity index (χ4v) is 3.44. The van der Waals surface area contributed by atoms with Gasteiger partial charge in [-0.15, -0.1) is 0 Å². The highest BCUT2D eigenvalue weighted by molar-refractivity contribution is 5.89. The number of anilines is 1. The standard InChI is InChI=1S/C25H28N4O4/c1-31-22-10-6-20(7-11-22)18-28-24(26-13-12-23-3-2-15-32-23)27-17-19-4-8-21(9-5-19)29-14-16-33-25(29)30/h2-11,15H,12-14,16-18H2,1H3,(H2,26,27,28). The number of carbonyl (C=O) groups is 1. The van der Waals surface area contributed by atoms with Crippen LogP contribution in [0.15, 0.2) is 76.3 Å². The van der Waals surface area contributed by atoms with E-state index in [2.05, 4.69) is 10.6 Å². The van der Waals surface area contributed by atoms with E-state index in [-0.39, 0.29) is 6.09 Å². The van der Waals surface area contributed by atoms with Gasteiger partial charge in [-0.3, -0.25) is 4.90 Å². The summed E-state index contributed by atoms with van der Waals surface area (Å²) in [6.45, 7) is 2.84. The maximum Gasteiger partial charge on any atom is 0.414 e. The Morgan fingerprint density at radius 1 is 1.06 bits per heavy atom. The number of amides is 1. The Balaban J connectivity index is 1.36. The molecule has 172 valence electrons. The summed E-state index contributed by atoms with van der Waals surface area (Å²) in [5, 5.41) is 6.75. The lowest BCUT2D eigenvalue weighted by Gasteiger charge is -2.15. The molecule has 1 amide bonds. The summed E-state index contributed by atoms with van der Waals surface area (Å²) in [6, 6.07) is 19.6. The number of ether oxygens (including phenoxy) is 2. The van der Waals surface area contributed by atoms with E-state index in [0.29, 0.717) is 38.7 Å². The number of nitrogens with one attached hydrogen (secondary N) is 2. The average Bonchev–Trinajstić information content (AvgIpc) is 3.53. The maximum absolute atomic E-state index is 11.7. The van der Waals surface area contributed by atoms with E-state index in [4.69, 9.17) is 18.9 Å². The molecule has 1 aliphatic heterocycles. The number of hydrogen-bond acceptors (Lipinski definition) is 5. The zero-order valence-corrected chi connectivity index (χ0v) is 18.6. The molecule has 1 aliphatic rings. The number of carbonyl (C=O) groups excluding carboxylic acids is 1. The Labute approximate surface area is 193 Å². The zero-order chi connectivity index (χ0) is 22.9. The highest BCUT2D eigenvalue weighted by Gasteiger charge is 2.23. The van der Waals surface area contributed by atoms with Gasteiger partial charge in [0.25, 0.3) is 0 Å². The molecule has 33 heavy (non-hydrogen) atoms. The van der Waals surface area contributed by atoms with Crippen LogP contribution < -0.4 is 20.3 Å². The van der Waals surface area contributed by atoms with E-state index in [9.17, 15) is 4.79 Å². The molecule has 2 N–H and O–H groups in total. The number of benzene rings is 2. The number of cyclic esters (lactones) is 1. The molecule has 8 heteroatoms. The molecule has 0 bridgehead atoms. The van der Waals surface area contributed by atoms with Gasteiger partial charge in [0.2, 0.25) is 0 Å². The molecule has 4 rings (SSSR count). The van der Waals surface area contributed by atoms with Crippen molar-refractivity contribution in [3.8, 4) is 5.75 Å². The van der Waals surface area contributed by atoms with Gasteiger partial charge in [0.1, 0.15) is 18.1 Å². The van der Waals surface area contributed by atoms with Crippen LogP contribution in [-0.4, -0.2) is 38.9 Å². The molecule has 2 heterocycles. The molecular formula is C25H28N4O4. The van der Waals surface area contributed by atoms with Gasteiger partial charge in [0.05, 0.1) is 26.5 Å². The molecule has 0 spiro atoms. The lowest BCUT2D eigenvalue weighted by molar-refractivity contribution is 0.181. The number of methoxy groups -OCH3 is 1. The average molecular weight is 449 g/mol. The van der Waals surface area contributed by atoms with E-state index < -0.39 is 0 Å². The number of guanidine groups is 1. The minimum atomic E-state index is -0.297. The Bertz CT molecular complexity index is 1050. The summed E-state index contributed by atoms with van der Waals surface area (Å²) in [5.41, 5.74) is 3.01. The summed E-state index contributed by atoms with van der Waals surface area (Å²) >= 11 is 0. The first-order chi connectivity index (χ1) is 16.2. The maximum atomic E-state index is 11.7. The summed E-state index contributed by atoms with van der Waals surface area (Å²) in [4.78, 5) is 18.1. The number of furan rings is 1. The predicted molar refractivity (Wildman–Crippen MR) is 127 cm³/mol. The van der Waals surface area contributed by atoms with Crippen molar-refractivity contribution in [3.05, 3.63) is 83.8 Å². The van der Waals surface area contributed by atoms with Crippen molar-refractivity contribution in [3.63, 3.8) is 0 Å². The molecular weight excluding hydrogens is 420 g/mol. The summed E-state index contributed by atoms with van der Waals surface area (Å²) < 4.78 is 15.6. The molecule has 3 aromatic rings. The van der Waals surface area contributed by atoms with Crippen LogP contribution in [0.2, 0.25) is 0 Å². The number of aliphatic imine (C=N–C) groups is 1. The second-order valence-electron chi connectivity index (χ2n) is 7.56. The van der Waals surface area contributed by atoms with Crippen molar-refractivity contribution in [1.82, 2.24) is 10.6 Å². The van der Waals surface area contributed by atoms with Crippen LogP contribution in [0, 0.1) is 0 Å². The summed E-state index contributed by atoms with van der Waals surface area (Å²) in [6.07, 6.45) is 2.14. The molecule has 0 atom stereocenters. The normalized spacial score (nSPS) is 13.7. The molecule has 0 saturated carbocycles. The largest absolute Gasteiger partial charge is 0.497 e. The Morgan fingerprint density at radius 3 is 2.52 bits per heavy atom. The lowest BCUT2D eigenvalue weighted by atomic mass is 10.2. The highest BCUT2D eigenvalue weighted by atomic mass is 16.6. The van der Waals surface area contributed by atoms with Crippen molar-refractivity contribution >= 4 is 17.7 Å². The highest BCUT2D eigenvalue weighted by Crippen LogP contribution is 2.19. The number of rotatable bonds is 9. The molecule has 8 nitrogen and oxygen atoms in total. The first-order valence-electron chi connectivity index (χ1n) is 10.9. The topological polar surface area (TPSA) is 88.3 Å². The molecule has 1 saturated heterocycles. The van der Waals surface area contributed by atoms with Gasteiger partial charge >= 0.3 is 6.09 Å². The monoisotopic (exact) mass is 448 g/mol. The predicted octanol–water partition coefficient (Wildman–Crippen LogP) is 3.72. The van der Waals surface area contributed by atoms with Crippen LogP contribution >= 0.6 is 0 Å². The van der Waals surface area contributed by atoms with Crippen molar-refractivity contribution in [2.75, 3.05) is 31.7 Å². The van der Waals surface area contributed by atoms with Gasteiger partial charge in [-0.2, -0.15) is 0 Å². The smallest absolute Gasteiger partial charge is 0.414 e. The van der Waals surface area contributed by atoms with Crippen LogP contribution in [0.25, 0.3) is 0 Å². The van der Waals surface area contributed by atoms with Gasteiger partial charge in [0, 0.05) is 25.2 Å². The van der Waals surface area contributed by atoms with E-state index in [1.807, 2.05) is 60.7 Å². The van der Waals surface area contributed by atoms with Crippen LogP contribution in [-0.2, 0) is 24.2 Å². The second kappa shape index (κ2) is 11.1. The third-order valence-electron chi connectivity index (χ3n) is 5.29. The van der Waals surface area contributed by atoms with Crippen LogP contribution in [0.4, 0.5) is 10.5 Å². The fraction of sp³-hybridized carbons (Fsp3) is 0.280. The minimum Gasteiger partial charge on any atom is -0.497 e. The van der Waals surface area contributed by atoms with E-state index in [0.717, 1.165) is 34.7 Å². The van der Waals surface area contributed by atoms with Crippen molar-refractivity contribution in [2.45, 2.75) is 19.5 Å². The Morgan fingerprint density at radius 2 is 1.85 bits per heavy atom. The quantitative estimate of drug-likeness (QED) is 0.383. The fourth-order valence-electron chi connectivity index (χ4n) is 3.44. The van der Waals surface area contributed by atoms with Crippen LogP contribution in [0.3, 0.4) is 0 Å². The number of hydrogen-bond donors (Lipinski definition) is 2. The van der Waals surface area contributed by atoms with Gasteiger partial charge < -0.3 is 24.5 Å². The molecule has 1 fully saturated rings. The summed E-state index contributed by atoms with van der Waals surface area (Å²) in [5.74, 6) is 2.46. The van der Waals surface area contributed by atoms with Crippen molar-refractivity contribution in [1.29, 1.82) is 0 Å². The SMILES string of the molecule is COc1ccc(CN=C(NCCc2ccco2)NCc2ccc(N3CCOC3=O)cc2)cc1. The van der Waals surface area contributed by atoms with Crippen LogP contribution in [0.5, 0.6) is 5.75 Å². The minimum absolute atomic E-state index is 0.297. The van der Waals surface area contributed by atoms with Gasteiger partial charge in [-0.25, -0.2) is 9.79 Å².